The standard InChI is InChI=1S/C21H21ClFN5O/c22-15-3-1-14(2-4-15)11-18(24)21(29)28-9-7-27(8-10-28)20-17-6-5-16(23)12-19(17)25-13-26-20/h1-6,12-13,18H,7-11,24H2/t18-/m1/s1. The molecule has 0 radical (unpaired) electrons. The summed E-state index contributed by atoms with van der Waals surface area (Å²) in [5.41, 5.74) is 7.71. The van der Waals surface area contributed by atoms with Gasteiger partial charge < -0.3 is 15.5 Å². The van der Waals surface area contributed by atoms with Crippen LogP contribution in [0.2, 0.25) is 5.02 Å². The number of rotatable bonds is 4. The number of carbonyl (C=O) groups excluding carboxylic acids is 1. The molecule has 1 atom stereocenters. The van der Waals surface area contributed by atoms with Crippen LogP contribution in [0, 0.1) is 5.82 Å². The minimum Gasteiger partial charge on any atom is -0.352 e. The SMILES string of the molecule is N[C@H](Cc1ccc(Cl)cc1)C(=O)N1CCN(c2ncnc3cc(F)ccc23)CC1. The molecule has 150 valence electrons. The summed E-state index contributed by atoms with van der Waals surface area (Å²) in [4.78, 5) is 25.2. The van der Waals surface area contributed by atoms with Gasteiger partial charge in [0.15, 0.2) is 0 Å². The van der Waals surface area contributed by atoms with Gasteiger partial charge in [-0.1, -0.05) is 23.7 Å². The molecule has 0 spiro atoms. The van der Waals surface area contributed by atoms with Crippen molar-refractivity contribution in [2.75, 3.05) is 31.1 Å². The van der Waals surface area contributed by atoms with Crippen LogP contribution in [-0.4, -0.2) is 53.0 Å². The molecule has 29 heavy (non-hydrogen) atoms. The number of amides is 1. The summed E-state index contributed by atoms with van der Waals surface area (Å²) >= 11 is 5.90. The summed E-state index contributed by atoms with van der Waals surface area (Å²) in [6, 6.07) is 11.3. The lowest BCUT2D eigenvalue weighted by Crippen LogP contribution is -2.53. The van der Waals surface area contributed by atoms with E-state index >= 15 is 0 Å². The predicted molar refractivity (Wildman–Crippen MR) is 111 cm³/mol. The van der Waals surface area contributed by atoms with Gasteiger partial charge in [-0.25, -0.2) is 14.4 Å². The van der Waals surface area contributed by atoms with Gasteiger partial charge in [-0.15, -0.1) is 0 Å². The second-order valence-corrected chi connectivity index (χ2v) is 7.54. The number of hydrogen-bond acceptors (Lipinski definition) is 5. The van der Waals surface area contributed by atoms with Crippen LogP contribution in [0.5, 0.6) is 0 Å². The third-order valence-corrected chi connectivity index (χ3v) is 5.41. The lowest BCUT2D eigenvalue weighted by Gasteiger charge is -2.36. The number of hydrogen-bond donors (Lipinski definition) is 1. The van der Waals surface area contributed by atoms with E-state index in [-0.39, 0.29) is 11.7 Å². The Balaban J connectivity index is 1.40. The minimum atomic E-state index is -0.592. The van der Waals surface area contributed by atoms with Crippen LogP contribution < -0.4 is 10.6 Å². The molecular formula is C21H21ClFN5O. The van der Waals surface area contributed by atoms with E-state index in [1.807, 2.05) is 12.1 Å². The first-order chi connectivity index (χ1) is 14.0. The molecule has 4 rings (SSSR count). The summed E-state index contributed by atoms with van der Waals surface area (Å²) in [5.74, 6) is 0.369. The molecule has 1 aliphatic heterocycles. The highest BCUT2D eigenvalue weighted by Gasteiger charge is 2.26. The number of carbonyl (C=O) groups is 1. The van der Waals surface area contributed by atoms with Crippen LogP contribution in [0.25, 0.3) is 10.9 Å². The topological polar surface area (TPSA) is 75.4 Å². The fourth-order valence-corrected chi connectivity index (χ4v) is 3.73. The average Bonchev–Trinajstić information content (AvgIpc) is 2.74. The molecule has 2 aromatic carbocycles. The van der Waals surface area contributed by atoms with Crippen molar-refractivity contribution >= 4 is 34.2 Å². The number of piperazine rings is 1. The lowest BCUT2D eigenvalue weighted by atomic mass is 10.1. The van der Waals surface area contributed by atoms with Gasteiger partial charge in [-0.05, 0) is 36.2 Å². The zero-order chi connectivity index (χ0) is 20.4. The second-order valence-electron chi connectivity index (χ2n) is 7.11. The molecule has 6 nitrogen and oxygen atoms in total. The van der Waals surface area contributed by atoms with Crippen LogP contribution in [0.3, 0.4) is 0 Å². The Labute approximate surface area is 173 Å². The maximum atomic E-state index is 13.5. The van der Waals surface area contributed by atoms with Crippen LogP contribution in [-0.2, 0) is 11.2 Å². The van der Waals surface area contributed by atoms with Gasteiger partial charge in [0.25, 0.3) is 0 Å². The molecule has 2 N–H and O–H groups in total. The first-order valence-corrected chi connectivity index (χ1v) is 9.83. The first-order valence-electron chi connectivity index (χ1n) is 9.45. The maximum absolute atomic E-state index is 13.5. The number of halogens is 2. The summed E-state index contributed by atoms with van der Waals surface area (Å²) < 4.78 is 13.5. The van der Waals surface area contributed by atoms with E-state index in [4.69, 9.17) is 17.3 Å². The third kappa shape index (κ3) is 4.31. The van der Waals surface area contributed by atoms with Crippen molar-refractivity contribution in [3.05, 3.63) is 65.2 Å². The van der Waals surface area contributed by atoms with E-state index in [2.05, 4.69) is 14.9 Å². The fourth-order valence-electron chi connectivity index (χ4n) is 3.60. The third-order valence-electron chi connectivity index (χ3n) is 5.15. The van der Waals surface area contributed by atoms with E-state index in [9.17, 15) is 9.18 Å². The molecule has 2 heterocycles. The van der Waals surface area contributed by atoms with Crippen molar-refractivity contribution in [3.8, 4) is 0 Å². The normalized spacial score (nSPS) is 15.6. The van der Waals surface area contributed by atoms with Gasteiger partial charge in [0.05, 0.1) is 11.6 Å². The van der Waals surface area contributed by atoms with E-state index in [1.165, 1.54) is 18.5 Å². The molecule has 0 saturated carbocycles. The smallest absolute Gasteiger partial charge is 0.239 e. The monoisotopic (exact) mass is 413 g/mol. The highest BCUT2D eigenvalue weighted by atomic mass is 35.5. The van der Waals surface area contributed by atoms with E-state index in [0.29, 0.717) is 43.1 Å². The van der Waals surface area contributed by atoms with Crippen molar-refractivity contribution < 1.29 is 9.18 Å². The van der Waals surface area contributed by atoms with Gasteiger partial charge >= 0.3 is 0 Å². The summed E-state index contributed by atoms with van der Waals surface area (Å²) in [5, 5.41) is 1.46. The second kappa shape index (κ2) is 8.31. The van der Waals surface area contributed by atoms with Crippen molar-refractivity contribution in [2.45, 2.75) is 12.5 Å². The minimum absolute atomic E-state index is 0.0609. The highest BCUT2D eigenvalue weighted by molar-refractivity contribution is 6.30. The number of nitrogens with two attached hydrogens (primary N) is 1. The van der Waals surface area contributed by atoms with Crippen molar-refractivity contribution in [1.82, 2.24) is 14.9 Å². The fraction of sp³-hybridized carbons (Fsp3) is 0.286. The van der Waals surface area contributed by atoms with Gasteiger partial charge in [-0.3, -0.25) is 4.79 Å². The highest BCUT2D eigenvalue weighted by Crippen LogP contribution is 2.24. The average molecular weight is 414 g/mol. The summed E-state index contributed by atoms with van der Waals surface area (Å²) in [7, 11) is 0. The predicted octanol–water partition coefficient (Wildman–Crippen LogP) is 2.64. The number of anilines is 1. The van der Waals surface area contributed by atoms with Gasteiger partial charge in [0.2, 0.25) is 5.91 Å². The molecule has 0 bridgehead atoms. The van der Waals surface area contributed by atoms with Crippen molar-refractivity contribution in [1.29, 1.82) is 0 Å². The molecule has 0 aliphatic carbocycles. The number of nitrogens with zero attached hydrogens (tertiary/aromatic N) is 4. The molecule has 8 heteroatoms. The quantitative estimate of drug-likeness (QED) is 0.711. The van der Waals surface area contributed by atoms with Crippen LogP contribution >= 0.6 is 11.6 Å². The Morgan fingerprint density at radius 1 is 1.10 bits per heavy atom. The van der Waals surface area contributed by atoms with Crippen LogP contribution in [0.4, 0.5) is 10.2 Å². The first kappa shape index (κ1) is 19.5. The zero-order valence-electron chi connectivity index (χ0n) is 15.8. The number of benzene rings is 2. The Kier molecular flexibility index (Phi) is 5.60. The van der Waals surface area contributed by atoms with Crippen LogP contribution in [0.15, 0.2) is 48.8 Å². The molecule has 1 saturated heterocycles. The zero-order valence-corrected chi connectivity index (χ0v) is 16.5. The van der Waals surface area contributed by atoms with Gasteiger partial charge in [-0.2, -0.15) is 0 Å². The number of fused-ring (bicyclic) bond motifs is 1. The van der Waals surface area contributed by atoms with Crippen LogP contribution in [0.1, 0.15) is 5.56 Å². The maximum Gasteiger partial charge on any atom is 0.239 e. The Morgan fingerprint density at radius 3 is 2.55 bits per heavy atom. The summed E-state index contributed by atoms with van der Waals surface area (Å²) in [6.07, 6.45) is 1.91. The largest absolute Gasteiger partial charge is 0.352 e. The van der Waals surface area contributed by atoms with Gasteiger partial charge in [0.1, 0.15) is 18.0 Å². The molecule has 1 fully saturated rings. The number of aromatic nitrogens is 2. The van der Waals surface area contributed by atoms with Crippen molar-refractivity contribution in [3.63, 3.8) is 0 Å². The van der Waals surface area contributed by atoms with E-state index < -0.39 is 6.04 Å². The molecular weight excluding hydrogens is 393 g/mol. The Morgan fingerprint density at radius 2 is 1.83 bits per heavy atom. The molecule has 0 unspecified atom stereocenters. The Bertz CT molecular complexity index is 1020. The molecule has 1 aliphatic rings. The molecule has 1 amide bonds. The molecule has 3 aromatic rings. The summed E-state index contributed by atoms with van der Waals surface area (Å²) in [6.45, 7) is 2.37. The Hall–Kier alpha value is -2.77. The van der Waals surface area contributed by atoms with E-state index in [0.717, 1.165) is 16.8 Å². The van der Waals surface area contributed by atoms with Gasteiger partial charge in [0, 0.05) is 42.7 Å². The lowest BCUT2D eigenvalue weighted by molar-refractivity contribution is -0.132. The van der Waals surface area contributed by atoms with Crippen molar-refractivity contribution in [2.24, 2.45) is 5.73 Å². The molecule has 1 aromatic heterocycles. The van der Waals surface area contributed by atoms with E-state index in [1.54, 1.807) is 23.1 Å².